The Labute approximate surface area is 180 Å². The summed E-state index contributed by atoms with van der Waals surface area (Å²) in [6, 6.07) is 9.66. The van der Waals surface area contributed by atoms with E-state index in [-0.39, 0.29) is 21.3 Å². The Morgan fingerprint density at radius 3 is 2.10 bits per heavy atom. The number of anilines is 2. The second-order valence-electron chi connectivity index (χ2n) is 6.22. The van der Waals surface area contributed by atoms with Crippen LogP contribution < -0.4 is 9.62 Å². The lowest BCUT2D eigenvalue weighted by molar-refractivity contribution is -0.114. The van der Waals surface area contributed by atoms with Crippen LogP contribution in [0.15, 0.2) is 47.4 Å². The molecule has 0 saturated carbocycles. The molecule has 0 aromatic heterocycles. The molecule has 0 fully saturated rings. The van der Waals surface area contributed by atoms with Gasteiger partial charge in [-0.25, -0.2) is 21.1 Å². The van der Waals surface area contributed by atoms with E-state index in [9.17, 15) is 21.6 Å². The molecule has 0 atom stereocenters. The first-order valence-electron chi connectivity index (χ1n) is 8.07. The maximum atomic E-state index is 12.4. The van der Waals surface area contributed by atoms with Crippen molar-refractivity contribution < 1.29 is 21.6 Å². The highest BCUT2D eigenvalue weighted by atomic mass is 35.5. The molecule has 0 spiro atoms. The van der Waals surface area contributed by atoms with Crippen molar-refractivity contribution in [1.29, 1.82) is 0 Å². The molecule has 158 valence electrons. The van der Waals surface area contributed by atoms with Crippen LogP contribution in [0.5, 0.6) is 0 Å². The molecule has 0 radical (unpaired) electrons. The van der Waals surface area contributed by atoms with Crippen LogP contribution in [0.2, 0.25) is 10.0 Å². The highest BCUT2D eigenvalue weighted by Crippen LogP contribution is 2.26. The maximum absolute atomic E-state index is 12.4. The van der Waals surface area contributed by atoms with Crippen molar-refractivity contribution in [1.82, 2.24) is 4.31 Å². The van der Waals surface area contributed by atoms with Crippen molar-refractivity contribution in [2.24, 2.45) is 0 Å². The van der Waals surface area contributed by atoms with Crippen molar-refractivity contribution in [3.8, 4) is 0 Å². The van der Waals surface area contributed by atoms with Gasteiger partial charge in [-0.3, -0.25) is 9.10 Å². The highest BCUT2D eigenvalue weighted by Gasteiger charge is 2.23. The van der Waals surface area contributed by atoms with Crippen molar-refractivity contribution in [3.63, 3.8) is 0 Å². The Hall–Kier alpha value is -1.85. The van der Waals surface area contributed by atoms with Gasteiger partial charge in [-0.15, -0.1) is 0 Å². The van der Waals surface area contributed by atoms with E-state index < -0.39 is 32.5 Å². The lowest BCUT2D eigenvalue weighted by Crippen LogP contribution is -2.37. The molecular formula is C17H19Cl2N3O5S2. The predicted octanol–water partition coefficient (Wildman–Crippen LogP) is 2.65. The fourth-order valence-electron chi connectivity index (χ4n) is 2.31. The average molecular weight is 480 g/mol. The monoisotopic (exact) mass is 479 g/mol. The highest BCUT2D eigenvalue weighted by molar-refractivity contribution is 7.92. The molecule has 2 aromatic carbocycles. The van der Waals surface area contributed by atoms with Crippen LogP contribution in [0.4, 0.5) is 11.4 Å². The van der Waals surface area contributed by atoms with Crippen LogP contribution in [-0.4, -0.2) is 53.9 Å². The van der Waals surface area contributed by atoms with E-state index in [2.05, 4.69) is 5.32 Å². The summed E-state index contributed by atoms with van der Waals surface area (Å²) >= 11 is 11.9. The van der Waals surface area contributed by atoms with Crippen molar-refractivity contribution in [2.45, 2.75) is 4.90 Å². The van der Waals surface area contributed by atoms with Crippen LogP contribution in [0, 0.1) is 0 Å². The largest absolute Gasteiger partial charge is 0.323 e. The second-order valence-corrected chi connectivity index (χ2v) is 11.1. The second kappa shape index (κ2) is 8.88. The summed E-state index contributed by atoms with van der Waals surface area (Å²) in [5.41, 5.74) is 0.377. The van der Waals surface area contributed by atoms with Gasteiger partial charge in [-0.2, -0.15) is 0 Å². The van der Waals surface area contributed by atoms with E-state index in [0.29, 0.717) is 5.02 Å². The van der Waals surface area contributed by atoms with Crippen LogP contribution in [0.25, 0.3) is 0 Å². The predicted molar refractivity (Wildman–Crippen MR) is 115 cm³/mol. The Bertz CT molecular complexity index is 1120. The molecule has 0 unspecified atom stereocenters. The van der Waals surface area contributed by atoms with E-state index >= 15 is 0 Å². The number of carbonyl (C=O) groups is 1. The minimum absolute atomic E-state index is 0.00476. The minimum Gasteiger partial charge on any atom is -0.323 e. The average Bonchev–Trinajstić information content (AvgIpc) is 2.62. The first-order chi connectivity index (χ1) is 13.3. The topological polar surface area (TPSA) is 104 Å². The summed E-state index contributed by atoms with van der Waals surface area (Å²) in [4.78, 5) is 12.4. The fourth-order valence-corrected chi connectivity index (χ4v) is 4.40. The zero-order valence-electron chi connectivity index (χ0n) is 15.8. The molecule has 0 aliphatic heterocycles. The molecular weight excluding hydrogens is 461 g/mol. The third-order valence-electron chi connectivity index (χ3n) is 3.79. The smallest absolute Gasteiger partial charge is 0.245 e. The number of rotatable bonds is 7. The Balaban J connectivity index is 2.29. The number of sulfonamides is 2. The molecule has 1 N–H and O–H groups in total. The number of halogens is 2. The van der Waals surface area contributed by atoms with Gasteiger partial charge >= 0.3 is 0 Å². The summed E-state index contributed by atoms with van der Waals surface area (Å²) in [6.45, 7) is -0.540. The number of nitrogens with one attached hydrogen (secondary N) is 1. The zero-order valence-corrected chi connectivity index (χ0v) is 18.9. The van der Waals surface area contributed by atoms with Crippen molar-refractivity contribution in [3.05, 3.63) is 52.5 Å². The molecule has 0 bridgehead atoms. The molecule has 0 aliphatic rings. The van der Waals surface area contributed by atoms with Crippen LogP contribution in [-0.2, 0) is 24.8 Å². The number of nitrogens with zero attached hydrogens (tertiary/aromatic N) is 2. The zero-order chi connectivity index (χ0) is 22.0. The summed E-state index contributed by atoms with van der Waals surface area (Å²) in [5, 5.41) is 3.10. The van der Waals surface area contributed by atoms with E-state index in [0.717, 1.165) is 14.9 Å². The lowest BCUT2D eigenvalue weighted by atomic mass is 10.3. The normalized spacial score (nSPS) is 12.1. The fraction of sp³-hybridized carbons (Fsp3) is 0.235. The first-order valence-corrected chi connectivity index (χ1v) is 12.1. The Morgan fingerprint density at radius 2 is 1.59 bits per heavy atom. The van der Waals surface area contributed by atoms with Crippen LogP contribution in [0.3, 0.4) is 0 Å². The van der Waals surface area contributed by atoms with E-state index in [1.165, 1.54) is 50.5 Å². The van der Waals surface area contributed by atoms with Gasteiger partial charge in [0, 0.05) is 19.1 Å². The van der Waals surface area contributed by atoms with Gasteiger partial charge in [0.2, 0.25) is 26.0 Å². The number of carbonyl (C=O) groups excluding carboxylic acids is 1. The van der Waals surface area contributed by atoms with E-state index in [1.54, 1.807) is 6.07 Å². The van der Waals surface area contributed by atoms with Gasteiger partial charge in [0.05, 0.1) is 27.5 Å². The summed E-state index contributed by atoms with van der Waals surface area (Å²) < 4.78 is 50.6. The van der Waals surface area contributed by atoms with Gasteiger partial charge in [0.25, 0.3) is 0 Å². The molecule has 0 aliphatic carbocycles. The molecule has 0 saturated heterocycles. The SMILES string of the molecule is CN(C)S(=O)(=O)c1ccc(N(CC(=O)Nc2cc(Cl)ccc2Cl)S(C)(=O)=O)cc1. The molecule has 12 heteroatoms. The summed E-state index contributed by atoms with van der Waals surface area (Å²) in [5.74, 6) is -0.649. The molecule has 0 heterocycles. The minimum atomic E-state index is -3.83. The number of benzene rings is 2. The van der Waals surface area contributed by atoms with Gasteiger partial charge in [-0.05, 0) is 42.5 Å². The third kappa shape index (κ3) is 5.83. The number of hydrogen-bond acceptors (Lipinski definition) is 5. The quantitative estimate of drug-likeness (QED) is 0.656. The van der Waals surface area contributed by atoms with E-state index in [1.807, 2.05) is 0 Å². The molecule has 2 aromatic rings. The van der Waals surface area contributed by atoms with Gasteiger partial charge < -0.3 is 5.32 Å². The molecule has 1 amide bonds. The van der Waals surface area contributed by atoms with Gasteiger partial charge in [-0.1, -0.05) is 23.2 Å². The number of hydrogen-bond donors (Lipinski definition) is 1. The maximum Gasteiger partial charge on any atom is 0.245 e. The summed E-state index contributed by atoms with van der Waals surface area (Å²) in [7, 11) is -4.73. The van der Waals surface area contributed by atoms with Crippen molar-refractivity contribution in [2.75, 3.05) is 36.5 Å². The standard InChI is InChI=1S/C17H19Cl2N3O5S2/c1-21(2)29(26,27)14-7-5-13(6-8-14)22(28(3,24)25)11-17(23)20-16-10-12(18)4-9-15(16)19/h4-10H,11H2,1-3H3,(H,20,23). The van der Waals surface area contributed by atoms with Crippen molar-refractivity contribution >= 4 is 60.5 Å². The molecule has 8 nitrogen and oxygen atoms in total. The van der Waals surface area contributed by atoms with E-state index in [4.69, 9.17) is 23.2 Å². The first kappa shape index (κ1) is 23.4. The van der Waals surface area contributed by atoms with Gasteiger partial charge in [0.15, 0.2) is 0 Å². The Morgan fingerprint density at radius 1 is 1.00 bits per heavy atom. The summed E-state index contributed by atoms with van der Waals surface area (Å²) in [6.07, 6.45) is 0.942. The molecule has 29 heavy (non-hydrogen) atoms. The van der Waals surface area contributed by atoms with Gasteiger partial charge in [0.1, 0.15) is 6.54 Å². The van der Waals surface area contributed by atoms with Crippen LogP contribution in [0.1, 0.15) is 0 Å². The lowest BCUT2D eigenvalue weighted by Gasteiger charge is -2.22. The van der Waals surface area contributed by atoms with Crippen LogP contribution >= 0.6 is 23.2 Å². The molecule has 2 rings (SSSR count). The third-order valence-corrected chi connectivity index (χ3v) is 7.33. The number of amides is 1. The Kier molecular flexibility index (Phi) is 7.18.